The average molecular weight is 864 g/mol. The van der Waals surface area contributed by atoms with Crippen LogP contribution in [0.1, 0.15) is 23.2 Å². The van der Waals surface area contributed by atoms with Crippen molar-refractivity contribution in [1.29, 1.82) is 0 Å². The Balaban J connectivity index is 1.23. The van der Waals surface area contributed by atoms with Gasteiger partial charge in [-0.2, -0.15) is 0 Å². The van der Waals surface area contributed by atoms with Crippen LogP contribution in [0.5, 0.6) is 11.5 Å². The summed E-state index contributed by atoms with van der Waals surface area (Å²) in [6, 6.07) is 39.0. The van der Waals surface area contributed by atoms with Crippen molar-refractivity contribution < 1.29 is 41.7 Å². The van der Waals surface area contributed by atoms with Crippen molar-refractivity contribution in [2.75, 3.05) is 91.3 Å². The third kappa shape index (κ3) is 10.5. The number of hydrogen-bond donors (Lipinski definition) is 0. The third-order valence-electron chi connectivity index (χ3n) is 12.1. The highest BCUT2D eigenvalue weighted by Gasteiger charge is 2.44. The molecule has 0 spiro atoms. The largest absolute Gasteiger partial charge is 0.573 e. The smallest absolute Gasteiger partial charge is 0.482 e. The second kappa shape index (κ2) is 19.7. The molecule has 0 aromatic heterocycles. The van der Waals surface area contributed by atoms with Crippen LogP contribution in [-0.2, 0) is 19.1 Å². The maximum absolute atomic E-state index is 15.8. The van der Waals surface area contributed by atoms with Crippen molar-refractivity contribution in [2.24, 2.45) is 0 Å². The summed E-state index contributed by atoms with van der Waals surface area (Å²) in [6.07, 6.45) is -6.34. The maximum atomic E-state index is 15.8. The Hall–Kier alpha value is -5.77. The molecule has 0 aliphatic carbocycles. The fourth-order valence-corrected chi connectivity index (χ4v) is 8.62. The number of rotatable bonds is 14. The first-order valence-corrected chi connectivity index (χ1v) is 21.3. The van der Waals surface area contributed by atoms with Crippen LogP contribution in [0.25, 0.3) is 22.3 Å². The predicted octanol–water partition coefficient (Wildman–Crippen LogP) is 7.51. The fourth-order valence-electron chi connectivity index (χ4n) is 8.62. The van der Waals surface area contributed by atoms with Gasteiger partial charge in [-0.25, -0.2) is 0 Å². The van der Waals surface area contributed by atoms with E-state index >= 15 is 4.79 Å². The van der Waals surface area contributed by atoms with E-state index < -0.39 is 48.8 Å². The van der Waals surface area contributed by atoms with Crippen LogP contribution in [0.3, 0.4) is 0 Å². The Morgan fingerprint density at radius 2 is 1.14 bits per heavy atom. The molecule has 0 radical (unpaired) electrons. The van der Waals surface area contributed by atoms with Crippen LogP contribution in [-0.4, -0.2) is 130 Å². The number of nitrogens with zero attached hydrogens (tertiary/aromatic N) is 5. The topological polar surface area (TPSA) is 87.3 Å². The van der Waals surface area contributed by atoms with Crippen LogP contribution < -0.4 is 14.4 Å². The van der Waals surface area contributed by atoms with Crippen molar-refractivity contribution in [3.05, 3.63) is 139 Å². The van der Waals surface area contributed by atoms with Gasteiger partial charge in [0.05, 0.1) is 38.2 Å². The second-order valence-electron chi connectivity index (χ2n) is 16.1. The molecule has 2 saturated heterocycles. The summed E-state index contributed by atoms with van der Waals surface area (Å²) in [5.74, 6) is -1.42. The molecule has 0 saturated carbocycles. The molecule has 0 N–H and O–H groups in total. The second-order valence-corrected chi connectivity index (χ2v) is 16.1. The fraction of sp³-hybridized carbons (Fsp3) is 0.347. The maximum Gasteiger partial charge on any atom is 0.573 e. The van der Waals surface area contributed by atoms with Crippen LogP contribution in [0, 0.1) is 0 Å². The minimum atomic E-state index is -5.00. The van der Waals surface area contributed by atoms with Crippen molar-refractivity contribution in [1.82, 2.24) is 19.6 Å². The number of fused-ring (bicyclic) bond motifs is 1. The Morgan fingerprint density at radius 1 is 0.667 bits per heavy atom. The van der Waals surface area contributed by atoms with Crippen molar-refractivity contribution in [3.8, 4) is 33.8 Å². The summed E-state index contributed by atoms with van der Waals surface area (Å²) >= 11 is 0. The monoisotopic (exact) mass is 863 g/mol. The van der Waals surface area contributed by atoms with Crippen molar-refractivity contribution >= 4 is 17.5 Å². The SMILES string of the molecule is CN(C(=O)C(N1C(=O)COc2ccc(OC(F)(F)F)cc21)N(C)C(CN1CCOCC1)c1ccc(-c2ccccc2)cc1)C(CN1CCOCC1)c1ccc(-c2ccccc2)cc1. The Bertz CT molecular complexity index is 2290. The van der Waals surface area contributed by atoms with Gasteiger partial charge in [-0.05, 0) is 52.6 Å². The molecule has 2 amide bonds. The standard InChI is InChI=1S/C49H52F3N5O6/c1-53(43(32-55-23-27-60-28-24-55)39-17-13-37(14-18-39)35-9-5-3-6-10-35)47(57-42-31-41(63-49(50,51)52)21-22-45(42)62-34-46(57)58)48(59)54(2)44(33-56-25-29-61-30-26-56)40-19-15-38(16-20-40)36-11-7-4-8-12-36/h3-22,31,43-44,47H,23-30,32-34H2,1-2H3. The normalized spacial score (nSPS) is 17.7. The zero-order valence-corrected chi connectivity index (χ0v) is 35.5. The summed E-state index contributed by atoms with van der Waals surface area (Å²) < 4.78 is 62.5. The number of benzene rings is 5. The Labute approximate surface area is 366 Å². The van der Waals surface area contributed by atoms with Gasteiger partial charge in [0.25, 0.3) is 11.8 Å². The lowest BCUT2D eigenvalue weighted by Gasteiger charge is -2.46. The molecular formula is C49H52F3N5O6. The summed E-state index contributed by atoms with van der Waals surface area (Å²) in [7, 11) is 3.54. The first-order valence-electron chi connectivity index (χ1n) is 21.3. The number of hydrogen-bond acceptors (Lipinski definition) is 9. The lowest BCUT2D eigenvalue weighted by atomic mass is 9.98. The van der Waals surface area contributed by atoms with Gasteiger partial charge in [-0.15, -0.1) is 13.2 Å². The van der Waals surface area contributed by atoms with E-state index in [-0.39, 0.29) is 11.4 Å². The van der Waals surface area contributed by atoms with Gasteiger partial charge in [0.2, 0.25) is 0 Å². The summed E-state index contributed by atoms with van der Waals surface area (Å²) in [5.41, 5.74) is 5.91. The quantitative estimate of drug-likeness (QED) is 0.113. The van der Waals surface area contributed by atoms with Crippen molar-refractivity contribution in [3.63, 3.8) is 0 Å². The molecule has 3 atom stereocenters. The van der Waals surface area contributed by atoms with E-state index in [0.29, 0.717) is 65.7 Å². The van der Waals surface area contributed by atoms with Gasteiger partial charge in [0, 0.05) is 58.4 Å². The van der Waals surface area contributed by atoms with E-state index in [2.05, 4.69) is 14.5 Å². The van der Waals surface area contributed by atoms with E-state index in [0.717, 1.165) is 45.5 Å². The van der Waals surface area contributed by atoms with E-state index in [1.807, 2.05) is 114 Å². The number of halogens is 3. The molecule has 5 aromatic carbocycles. The van der Waals surface area contributed by atoms with Gasteiger partial charge < -0.3 is 23.8 Å². The van der Waals surface area contributed by atoms with Gasteiger partial charge in [0.1, 0.15) is 11.5 Å². The molecule has 3 aliphatic rings. The molecule has 11 nitrogen and oxygen atoms in total. The Morgan fingerprint density at radius 3 is 1.65 bits per heavy atom. The molecule has 63 heavy (non-hydrogen) atoms. The van der Waals surface area contributed by atoms with Crippen LogP contribution in [0.4, 0.5) is 18.9 Å². The number of morpholine rings is 2. The van der Waals surface area contributed by atoms with E-state index in [1.54, 1.807) is 19.0 Å². The van der Waals surface area contributed by atoms with E-state index in [1.165, 1.54) is 11.0 Å². The molecule has 3 aliphatic heterocycles. The molecule has 330 valence electrons. The molecular weight excluding hydrogens is 812 g/mol. The van der Waals surface area contributed by atoms with Gasteiger partial charge >= 0.3 is 6.36 Å². The Kier molecular flexibility index (Phi) is 13.7. The first-order chi connectivity index (χ1) is 30.5. The number of ether oxygens (including phenoxy) is 4. The molecule has 2 fully saturated rings. The van der Waals surface area contributed by atoms with E-state index in [9.17, 15) is 18.0 Å². The number of alkyl halides is 3. The van der Waals surface area contributed by atoms with Crippen LogP contribution in [0.15, 0.2) is 127 Å². The van der Waals surface area contributed by atoms with E-state index in [4.69, 9.17) is 14.2 Å². The highest BCUT2D eigenvalue weighted by molar-refractivity contribution is 6.04. The molecule has 8 rings (SSSR count). The number of carbonyl (C=O) groups excluding carboxylic acids is 2. The molecule has 3 unspecified atom stereocenters. The molecule has 3 heterocycles. The zero-order valence-electron chi connectivity index (χ0n) is 35.5. The molecule has 5 aromatic rings. The highest BCUT2D eigenvalue weighted by atomic mass is 19.4. The van der Waals surface area contributed by atoms with Gasteiger partial charge in [0.15, 0.2) is 12.8 Å². The lowest BCUT2D eigenvalue weighted by Crippen LogP contribution is -2.62. The third-order valence-corrected chi connectivity index (χ3v) is 12.1. The van der Waals surface area contributed by atoms with Gasteiger partial charge in [-0.3, -0.25) is 29.2 Å². The molecule has 0 bridgehead atoms. The number of carbonyl (C=O) groups is 2. The first kappa shape index (κ1) is 43.9. The van der Waals surface area contributed by atoms with Crippen LogP contribution in [0.2, 0.25) is 0 Å². The summed E-state index contributed by atoms with van der Waals surface area (Å²) in [6.45, 7) is 5.35. The molecule has 14 heteroatoms. The van der Waals surface area contributed by atoms with Crippen LogP contribution >= 0.6 is 0 Å². The summed E-state index contributed by atoms with van der Waals surface area (Å²) in [5, 5.41) is 0. The highest BCUT2D eigenvalue weighted by Crippen LogP contribution is 2.41. The zero-order chi connectivity index (χ0) is 43.9. The van der Waals surface area contributed by atoms with Crippen molar-refractivity contribution in [2.45, 2.75) is 24.6 Å². The lowest BCUT2D eigenvalue weighted by molar-refractivity contribution is -0.274. The number of likely N-dealkylation sites (N-methyl/N-ethyl adjacent to an activating group) is 2. The van der Waals surface area contributed by atoms with Gasteiger partial charge in [-0.1, -0.05) is 109 Å². The number of amides is 2. The minimum absolute atomic E-state index is 0.00640. The predicted molar refractivity (Wildman–Crippen MR) is 234 cm³/mol. The number of anilines is 1. The summed E-state index contributed by atoms with van der Waals surface area (Å²) in [4.78, 5) is 39.6. The minimum Gasteiger partial charge on any atom is -0.482 e. The average Bonchev–Trinajstić information content (AvgIpc) is 3.31.